The molecule has 152 valence electrons. The van der Waals surface area contributed by atoms with E-state index < -0.39 is 11.9 Å². The molecule has 8 nitrogen and oxygen atoms in total. The van der Waals surface area contributed by atoms with E-state index in [-0.39, 0.29) is 38.1 Å². The van der Waals surface area contributed by atoms with E-state index in [1.807, 2.05) is 32.0 Å². The monoisotopic (exact) mass is 389 g/mol. The van der Waals surface area contributed by atoms with Gasteiger partial charge in [-0.05, 0) is 30.4 Å². The minimum Gasteiger partial charge on any atom is -0.456 e. The van der Waals surface area contributed by atoms with Crippen LogP contribution < -0.4 is 5.32 Å². The lowest BCUT2D eigenvalue weighted by Gasteiger charge is -2.15. The van der Waals surface area contributed by atoms with E-state index in [2.05, 4.69) is 5.32 Å². The second-order valence-corrected chi connectivity index (χ2v) is 6.65. The van der Waals surface area contributed by atoms with Crippen molar-refractivity contribution in [2.24, 2.45) is 0 Å². The van der Waals surface area contributed by atoms with Crippen molar-refractivity contribution in [1.82, 2.24) is 9.80 Å². The number of anilines is 1. The van der Waals surface area contributed by atoms with Gasteiger partial charge in [0.05, 0.1) is 0 Å². The number of esters is 1. The van der Waals surface area contributed by atoms with Crippen molar-refractivity contribution in [3.05, 3.63) is 29.3 Å². The summed E-state index contributed by atoms with van der Waals surface area (Å²) in [6.45, 7) is 3.87. The fraction of sp³-hybridized carbons (Fsp3) is 0.500. The van der Waals surface area contributed by atoms with E-state index in [9.17, 15) is 19.2 Å². The highest BCUT2D eigenvalue weighted by molar-refractivity contribution is 6.01. The number of rotatable bonds is 9. The maximum absolute atomic E-state index is 12.2. The zero-order valence-corrected chi connectivity index (χ0v) is 16.6. The van der Waals surface area contributed by atoms with E-state index in [1.165, 1.54) is 4.90 Å². The number of nitrogens with one attached hydrogen (secondary N) is 1. The number of carbonyl (C=O) groups excluding carboxylic acids is 4. The molecule has 0 atom stereocenters. The lowest BCUT2D eigenvalue weighted by Crippen LogP contribution is -2.32. The zero-order chi connectivity index (χ0) is 20.7. The fourth-order valence-electron chi connectivity index (χ4n) is 3.07. The van der Waals surface area contributed by atoms with Crippen LogP contribution in [0.25, 0.3) is 0 Å². The third-order valence-electron chi connectivity index (χ3n) is 4.62. The van der Waals surface area contributed by atoms with Crippen LogP contribution in [0.4, 0.5) is 10.5 Å². The van der Waals surface area contributed by atoms with Crippen molar-refractivity contribution >= 4 is 29.5 Å². The summed E-state index contributed by atoms with van der Waals surface area (Å²) in [6, 6.07) is 5.51. The summed E-state index contributed by atoms with van der Waals surface area (Å²) in [7, 11) is 1.55. The molecule has 1 N–H and O–H groups in total. The van der Waals surface area contributed by atoms with Crippen molar-refractivity contribution in [2.45, 2.75) is 39.5 Å². The summed E-state index contributed by atoms with van der Waals surface area (Å²) in [4.78, 5) is 49.9. The Hall–Kier alpha value is -2.90. The molecule has 1 aliphatic rings. The largest absolute Gasteiger partial charge is 0.456 e. The van der Waals surface area contributed by atoms with Crippen LogP contribution in [0.1, 0.15) is 37.8 Å². The van der Waals surface area contributed by atoms with Gasteiger partial charge in [-0.25, -0.2) is 4.79 Å². The highest BCUT2D eigenvalue weighted by atomic mass is 16.5. The minimum absolute atomic E-state index is 0.0276. The molecule has 0 aliphatic carbocycles. The Morgan fingerprint density at radius 1 is 1.14 bits per heavy atom. The first-order valence-corrected chi connectivity index (χ1v) is 9.49. The third kappa shape index (κ3) is 5.31. The Labute approximate surface area is 164 Å². The number of likely N-dealkylation sites (N-methyl/N-ethyl adjacent to an activating group) is 1. The summed E-state index contributed by atoms with van der Waals surface area (Å²) in [6.07, 6.45) is 1.89. The Morgan fingerprint density at radius 3 is 2.32 bits per heavy atom. The molecule has 4 amide bonds. The van der Waals surface area contributed by atoms with Gasteiger partial charge in [-0.2, -0.15) is 0 Å². The number of hydrogen-bond acceptors (Lipinski definition) is 5. The highest BCUT2D eigenvalue weighted by Crippen LogP contribution is 2.22. The molecule has 8 heteroatoms. The van der Waals surface area contributed by atoms with Gasteiger partial charge in [-0.15, -0.1) is 0 Å². The molecule has 1 fully saturated rings. The van der Waals surface area contributed by atoms with Gasteiger partial charge in [0.1, 0.15) is 6.54 Å². The first-order valence-electron chi connectivity index (χ1n) is 9.49. The minimum atomic E-state index is -0.540. The van der Waals surface area contributed by atoms with Gasteiger partial charge in [-0.3, -0.25) is 19.3 Å². The molecule has 0 spiro atoms. The van der Waals surface area contributed by atoms with E-state index in [4.69, 9.17) is 4.74 Å². The molecule has 1 aromatic rings. The van der Waals surface area contributed by atoms with Gasteiger partial charge >= 0.3 is 12.0 Å². The summed E-state index contributed by atoms with van der Waals surface area (Å²) in [5, 5.41) is 2.83. The average molecular weight is 389 g/mol. The third-order valence-corrected chi connectivity index (χ3v) is 4.62. The first-order chi connectivity index (χ1) is 13.4. The Balaban J connectivity index is 1.77. The quantitative estimate of drug-likeness (QED) is 0.515. The predicted molar refractivity (Wildman–Crippen MR) is 104 cm³/mol. The van der Waals surface area contributed by atoms with Crippen LogP contribution >= 0.6 is 0 Å². The van der Waals surface area contributed by atoms with Crippen LogP contribution in [0, 0.1) is 0 Å². The van der Waals surface area contributed by atoms with Crippen molar-refractivity contribution < 1.29 is 23.9 Å². The molecule has 1 heterocycles. The molecule has 1 saturated heterocycles. The number of aryl methyl sites for hydroxylation is 2. The lowest BCUT2D eigenvalue weighted by atomic mass is 10.0. The number of para-hydroxylation sites is 1. The number of benzene rings is 1. The number of ether oxygens (including phenoxy) is 1. The first kappa shape index (κ1) is 21.4. The predicted octanol–water partition coefficient (Wildman–Crippen LogP) is 1.97. The number of carbonyl (C=O) groups is 4. The van der Waals surface area contributed by atoms with Gasteiger partial charge in [0.15, 0.2) is 6.61 Å². The Morgan fingerprint density at radius 2 is 1.79 bits per heavy atom. The molecule has 0 aromatic heterocycles. The molecular weight excluding hydrogens is 362 g/mol. The number of urea groups is 1. The molecule has 1 aromatic carbocycles. The summed E-state index contributed by atoms with van der Waals surface area (Å²) in [5.74, 6) is -1.21. The molecule has 0 bridgehead atoms. The van der Waals surface area contributed by atoms with Crippen molar-refractivity contribution in [2.75, 3.05) is 32.1 Å². The van der Waals surface area contributed by atoms with Crippen LogP contribution in [-0.4, -0.2) is 60.4 Å². The topological polar surface area (TPSA) is 96.0 Å². The van der Waals surface area contributed by atoms with E-state index in [1.54, 1.807) is 7.05 Å². The highest BCUT2D eigenvalue weighted by Gasteiger charge is 2.32. The molecule has 0 radical (unpaired) electrons. The lowest BCUT2D eigenvalue weighted by molar-refractivity contribution is -0.147. The van der Waals surface area contributed by atoms with E-state index >= 15 is 0 Å². The van der Waals surface area contributed by atoms with E-state index in [0.29, 0.717) is 6.42 Å². The van der Waals surface area contributed by atoms with Gasteiger partial charge in [0.25, 0.3) is 5.91 Å². The zero-order valence-electron chi connectivity index (χ0n) is 16.6. The summed E-state index contributed by atoms with van der Waals surface area (Å²) in [5.41, 5.74) is 2.84. The van der Waals surface area contributed by atoms with Crippen LogP contribution in [0.2, 0.25) is 0 Å². The Bertz CT molecular complexity index is 740. The molecule has 2 rings (SSSR count). The normalized spacial score (nSPS) is 13.8. The second kappa shape index (κ2) is 9.87. The van der Waals surface area contributed by atoms with Crippen molar-refractivity contribution in [3.63, 3.8) is 0 Å². The standard InChI is InChI=1S/C20H27N3O5/c1-4-14-8-6-9-15(5-2)19(14)21-16(24)13-28-18(26)10-7-11-23-17(25)12-22(3)20(23)27/h6,8-9H,4-5,7,10-13H2,1-3H3,(H,21,24). The second-order valence-electron chi connectivity index (χ2n) is 6.65. The number of imide groups is 1. The number of nitrogens with zero attached hydrogens (tertiary/aromatic N) is 2. The number of hydrogen-bond donors (Lipinski definition) is 1. The smallest absolute Gasteiger partial charge is 0.326 e. The van der Waals surface area contributed by atoms with Gasteiger partial charge in [0, 0.05) is 25.7 Å². The molecule has 0 saturated carbocycles. The van der Waals surface area contributed by atoms with Crippen LogP contribution in [0.5, 0.6) is 0 Å². The van der Waals surface area contributed by atoms with Crippen LogP contribution in [-0.2, 0) is 32.0 Å². The fourth-order valence-corrected chi connectivity index (χ4v) is 3.07. The van der Waals surface area contributed by atoms with Crippen molar-refractivity contribution in [3.8, 4) is 0 Å². The van der Waals surface area contributed by atoms with Gasteiger partial charge in [0.2, 0.25) is 5.91 Å². The number of amides is 4. The molecule has 1 aliphatic heterocycles. The Kier molecular flexibility index (Phi) is 7.54. The van der Waals surface area contributed by atoms with Crippen LogP contribution in [0.15, 0.2) is 18.2 Å². The van der Waals surface area contributed by atoms with Gasteiger partial charge < -0.3 is 15.0 Å². The van der Waals surface area contributed by atoms with Crippen LogP contribution in [0.3, 0.4) is 0 Å². The SMILES string of the molecule is CCc1cccc(CC)c1NC(=O)COC(=O)CCCN1C(=O)CN(C)C1=O. The molecule has 0 unspecified atom stereocenters. The summed E-state index contributed by atoms with van der Waals surface area (Å²) < 4.78 is 5.01. The van der Waals surface area contributed by atoms with E-state index in [0.717, 1.165) is 34.6 Å². The molecular formula is C20H27N3O5. The van der Waals surface area contributed by atoms with Gasteiger partial charge in [-0.1, -0.05) is 32.0 Å². The molecule has 28 heavy (non-hydrogen) atoms. The van der Waals surface area contributed by atoms with Crippen molar-refractivity contribution in [1.29, 1.82) is 0 Å². The average Bonchev–Trinajstić information content (AvgIpc) is 2.92. The maximum atomic E-state index is 12.2. The maximum Gasteiger partial charge on any atom is 0.326 e. The summed E-state index contributed by atoms with van der Waals surface area (Å²) >= 11 is 0.